The predicted octanol–water partition coefficient (Wildman–Crippen LogP) is 2.32. The second-order valence-electron chi connectivity index (χ2n) is 6.82. The summed E-state index contributed by atoms with van der Waals surface area (Å²) in [5.74, 6) is -0.355. The number of hydrogen-bond acceptors (Lipinski definition) is 2. The molecule has 1 aliphatic heterocycles. The summed E-state index contributed by atoms with van der Waals surface area (Å²) in [6.45, 7) is 5.53. The molecule has 8 heteroatoms. The van der Waals surface area contributed by atoms with Gasteiger partial charge in [-0.25, -0.2) is 4.79 Å². The van der Waals surface area contributed by atoms with E-state index in [4.69, 9.17) is 0 Å². The second kappa shape index (κ2) is 7.19. The standard InChI is InChI=1S/C14H24F3N3O2/c1-13(2,3)8-10(14(15,16)17)20-12(22)19-9-6-4-5-7-18-11(9)21/h9-10H,4-8H2,1-3H3,(H,18,21)(H2,19,20,22)/t9-,10-/m1/s1. The van der Waals surface area contributed by atoms with Crippen LogP contribution in [-0.4, -0.2) is 36.7 Å². The van der Waals surface area contributed by atoms with E-state index in [0.29, 0.717) is 13.0 Å². The number of rotatable bonds is 3. The Morgan fingerprint density at radius 2 is 1.95 bits per heavy atom. The van der Waals surface area contributed by atoms with Gasteiger partial charge in [0.2, 0.25) is 5.91 Å². The molecule has 1 rings (SSSR count). The van der Waals surface area contributed by atoms with Crippen LogP contribution in [0.2, 0.25) is 0 Å². The van der Waals surface area contributed by atoms with Crippen molar-refractivity contribution in [2.75, 3.05) is 6.54 Å². The van der Waals surface area contributed by atoms with E-state index < -0.39 is 29.7 Å². The van der Waals surface area contributed by atoms with Gasteiger partial charge in [-0.05, 0) is 31.1 Å². The first-order valence-electron chi connectivity index (χ1n) is 7.40. The molecule has 1 heterocycles. The minimum absolute atomic E-state index is 0.235. The number of nitrogens with one attached hydrogen (secondary N) is 3. The van der Waals surface area contributed by atoms with Gasteiger partial charge < -0.3 is 16.0 Å². The molecule has 0 aliphatic carbocycles. The van der Waals surface area contributed by atoms with E-state index in [9.17, 15) is 22.8 Å². The first-order valence-corrected chi connectivity index (χ1v) is 7.40. The van der Waals surface area contributed by atoms with Gasteiger partial charge in [0.15, 0.2) is 0 Å². The minimum atomic E-state index is -4.53. The third kappa shape index (κ3) is 6.53. The molecule has 0 aromatic carbocycles. The van der Waals surface area contributed by atoms with Crippen LogP contribution < -0.4 is 16.0 Å². The molecule has 1 aliphatic rings. The topological polar surface area (TPSA) is 70.2 Å². The molecule has 128 valence electrons. The lowest BCUT2D eigenvalue weighted by Crippen LogP contribution is -2.55. The van der Waals surface area contributed by atoms with Crippen LogP contribution in [0.5, 0.6) is 0 Å². The lowest BCUT2D eigenvalue weighted by atomic mass is 9.88. The quantitative estimate of drug-likeness (QED) is 0.746. The van der Waals surface area contributed by atoms with E-state index in [1.807, 2.05) is 5.32 Å². The van der Waals surface area contributed by atoms with Crippen molar-refractivity contribution in [1.82, 2.24) is 16.0 Å². The molecule has 3 N–H and O–H groups in total. The monoisotopic (exact) mass is 323 g/mol. The van der Waals surface area contributed by atoms with E-state index in [2.05, 4.69) is 10.6 Å². The van der Waals surface area contributed by atoms with Gasteiger partial charge in [0, 0.05) is 6.54 Å². The Morgan fingerprint density at radius 3 is 2.50 bits per heavy atom. The third-order valence-corrected chi connectivity index (χ3v) is 3.36. The van der Waals surface area contributed by atoms with Crippen LogP contribution in [0.25, 0.3) is 0 Å². The molecule has 3 amide bonds. The summed E-state index contributed by atoms with van der Waals surface area (Å²) in [5, 5.41) is 6.90. The van der Waals surface area contributed by atoms with Crippen LogP contribution in [-0.2, 0) is 4.79 Å². The molecule has 0 unspecified atom stereocenters. The largest absolute Gasteiger partial charge is 0.408 e. The van der Waals surface area contributed by atoms with Crippen LogP contribution in [0, 0.1) is 5.41 Å². The normalized spacial score (nSPS) is 21.5. The molecule has 0 aromatic rings. The third-order valence-electron chi connectivity index (χ3n) is 3.36. The maximum Gasteiger partial charge on any atom is 0.408 e. The highest BCUT2D eigenvalue weighted by molar-refractivity contribution is 5.87. The van der Waals surface area contributed by atoms with Gasteiger partial charge in [0.25, 0.3) is 0 Å². The molecular weight excluding hydrogens is 299 g/mol. The summed E-state index contributed by atoms with van der Waals surface area (Å²) in [6.07, 6.45) is -2.82. The number of hydrogen-bond donors (Lipinski definition) is 3. The van der Waals surface area contributed by atoms with Crippen molar-refractivity contribution >= 4 is 11.9 Å². The van der Waals surface area contributed by atoms with E-state index in [-0.39, 0.29) is 12.3 Å². The van der Waals surface area contributed by atoms with Gasteiger partial charge in [-0.2, -0.15) is 13.2 Å². The summed E-state index contributed by atoms with van der Waals surface area (Å²) in [7, 11) is 0. The SMILES string of the molecule is CC(C)(C)C[C@@H](NC(=O)N[C@@H]1CCCCNC1=O)C(F)(F)F. The van der Waals surface area contributed by atoms with E-state index in [0.717, 1.165) is 12.8 Å². The summed E-state index contributed by atoms with van der Waals surface area (Å²) in [6, 6.07) is -3.69. The zero-order valence-corrected chi connectivity index (χ0v) is 13.1. The van der Waals surface area contributed by atoms with Crippen molar-refractivity contribution in [2.45, 2.75) is 64.7 Å². The van der Waals surface area contributed by atoms with Crippen molar-refractivity contribution in [3.8, 4) is 0 Å². The molecule has 0 saturated carbocycles. The Kier molecular flexibility index (Phi) is 6.08. The summed E-state index contributed by atoms with van der Waals surface area (Å²) >= 11 is 0. The fourth-order valence-electron chi connectivity index (χ4n) is 2.30. The summed E-state index contributed by atoms with van der Waals surface area (Å²) < 4.78 is 39.0. The van der Waals surface area contributed by atoms with E-state index in [1.54, 1.807) is 20.8 Å². The highest BCUT2D eigenvalue weighted by Crippen LogP contribution is 2.30. The van der Waals surface area contributed by atoms with Crippen LogP contribution in [0.3, 0.4) is 0 Å². The van der Waals surface area contributed by atoms with Crippen molar-refractivity contribution in [1.29, 1.82) is 0 Å². The van der Waals surface area contributed by atoms with Gasteiger partial charge in [-0.3, -0.25) is 4.79 Å². The fraction of sp³-hybridized carbons (Fsp3) is 0.857. The average Bonchev–Trinajstić information content (AvgIpc) is 2.51. The number of amides is 3. The molecule has 0 radical (unpaired) electrons. The lowest BCUT2D eigenvalue weighted by molar-refractivity contribution is -0.159. The molecule has 0 bridgehead atoms. The van der Waals surface area contributed by atoms with E-state index in [1.165, 1.54) is 0 Å². The highest BCUT2D eigenvalue weighted by Gasteiger charge is 2.43. The maximum atomic E-state index is 13.0. The van der Waals surface area contributed by atoms with Crippen LogP contribution >= 0.6 is 0 Å². The minimum Gasteiger partial charge on any atom is -0.354 e. The molecule has 0 spiro atoms. The zero-order valence-electron chi connectivity index (χ0n) is 13.1. The molecule has 5 nitrogen and oxygen atoms in total. The fourth-order valence-corrected chi connectivity index (χ4v) is 2.30. The Morgan fingerprint density at radius 1 is 1.32 bits per heavy atom. The first kappa shape index (κ1) is 18.6. The Balaban J connectivity index is 2.64. The summed E-state index contributed by atoms with van der Waals surface area (Å²) in [5.41, 5.74) is -0.590. The Labute approximate surface area is 128 Å². The summed E-state index contributed by atoms with van der Waals surface area (Å²) in [4.78, 5) is 23.5. The molecular formula is C14H24F3N3O2. The number of halogens is 3. The van der Waals surface area contributed by atoms with Crippen LogP contribution in [0.4, 0.5) is 18.0 Å². The van der Waals surface area contributed by atoms with Gasteiger partial charge in [-0.1, -0.05) is 20.8 Å². The Hall–Kier alpha value is -1.47. The number of urea groups is 1. The highest BCUT2D eigenvalue weighted by atomic mass is 19.4. The first-order chi connectivity index (χ1) is 9.99. The predicted molar refractivity (Wildman–Crippen MR) is 76.2 cm³/mol. The molecule has 1 saturated heterocycles. The lowest BCUT2D eigenvalue weighted by Gasteiger charge is -2.29. The Bertz CT molecular complexity index is 405. The second-order valence-corrected chi connectivity index (χ2v) is 6.82. The van der Waals surface area contributed by atoms with Crippen molar-refractivity contribution < 1.29 is 22.8 Å². The van der Waals surface area contributed by atoms with E-state index >= 15 is 0 Å². The van der Waals surface area contributed by atoms with Gasteiger partial charge in [0.1, 0.15) is 12.1 Å². The van der Waals surface area contributed by atoms with Gasteiger partial charge in [-0.15, -0.1) is 0 Å². The average molecular weight is 323 g/mol. The molecule has 22 heavy (non-hydrogen) atoms. The molecule has 2 atom stereocenters. The maximum absolute atomic E-state index is 13.0. The van der Waals surface area contributed by atoms with Crippen molar-refractivity contribution in [2.24, 2.45) is 5.41 Å². The van der Waals surface area contributed by atoms with Gasteiger partial charge in [0.05, 0.1) is 0 Å². The van der Waals surface area contributed by atoms with Crippen LogP contribution in [0.15, 0.2) is 0 Å². The van der Waals surface area contributed by atoms with Crippen molar-refractivity contribution in [3.05, 3.63) is 0 Å². The number of alkyl halides is 3. The van der Waals surface area contributed by atoms with Crippen molar-refractivity contribution in [3.63, 3.8) is 0 Å². The molecule has 0 aromatic heterocycles. The smallest absolute Gasteiger partial charge is 0.354 e. The number of carbonyl (C=O) groups is 2. The number of carbonyl (C=O) groups excluding carboxylic acids is 2. The molecule has 1 fully saturated rings. The zero-order chi connectivity index (χ0) is 17.0. The van der Waals surface area contributed by atoms with Crippen LogP contribution in [0.1, 0.15) is 46.5 Å². The van der Waals surface area contributed by atoms with Gasteiger partial charge >= 0.3 is 12.2 Å².